The van der Waals surface area contributed by atoms with E-state index in [0.717, 1.165) is 16.6 Å². The minimum absolute atomic E-state index is 0.522. The number of rotatable bonds is 7. The Labute approximate surface area is 334 Å². The minimum atomic E-state index is -2.70. The minimum Gasteiger partial charge on any atom is -0.309 e. The molecular formula is C54H38N2Si. The standard InChI is InChI=1S/C54H38N2Si/c1-4-16-42(17-5-1)57(43-18-6-2-7-19-43,44-20-8-3-9-21-44)45-34-30-40(31-35-45)54(50-25-13-10-22-46(50)47-23-11-14-26-51(47)54)39-28-32-41(33-29-39)56-52-27-15-12-24-48(52)49-38-55-37-36-53(49)56/h1-38H. The zero-order chi connectivity index (χ0) is 37.8. The molecular weight excluding hydrogens is 705 g/mol. The van der Waals surface area contributed by atoms with Gasteiger partial charge in [-0.15, -0.1) is 0 Å². The van der Waals surface area contributed by atoms with Crippen molar-refractivity contribution in [3.63, 3.8) is 0 Å². The van der Waals surface area contributed by atoms with Crippen LogP contribution in [0, 0.1) is 0 Å². The van der Waals surface area contributed by atoms with E-state index in [1.165, 1.54) is 65.0 Å². The Morgan fingerprint density at radius 2 is 0.807 bits per heavy atom. The highest BCUT2D eigenvalue weighted by Gasteiger charge is 2.47. The van der Waals surface area contributed by atoms with Gasteiger partial charge in [-0.1, -0.05) is 194 Å². The first-order valence-corrected chi connectivity index (χ1v) is 21.7. The highest BCUT2D eigenvalue weighted by atomic mass is 28.3. The first-order chi connectivity index (χ1) is 28.3. The summed E-state index contributed by atoms with van der Waals surface area (Å²) in [5, 5.41) is 7.85. The van der Waals surface area contributed by atoms with Gasteiger partial charge >= 0.3 is 0 Å². The fourth-order valence-electron chi connectivity index (χ4n) is 10.0. The van der Waals surface area contributed by atoms with E-state index in [4.69, 9.17) is 0 Å². The number of nitrogens with zero attached hydrogens (tertiary/aromatic N) is 2. The number of hydrogen-bond acceptors (Lipinski definition) is 1. The molecule has 1 aliphatic carbocycles. The molecule has 3 heteroatoms. The number of para-hydroxylation sites is 1. The van der Waals surface area contributed by atoms with Gasteiger partial charge < -0.3 is 4.57 Å². The number of pyridine rings is 1. The zero-order valence-electron chi connectivity index (χ0n) is 31.3. The summed E-state index contributed by atoms with van der Waals surface area (Å²) in [4.78, 5) is 4.48. The normalized spacial score (nSPS) is 13.1. The van der Waals surface area contributed by atoms with E-state index in [1.54, 1.807) is 0 Å². The molecule has 8 aromatic carbocycles. The molecule has 0 amide bonds. The highest BCUT2D eigenvalue weighted by Crippen LogP contribution is 2.56. The van der Waals surface area contributed by atoms with Gasteiger partial charge in [0.25, 0.3) is 0 Å². The molecule has 0 saturated heterocycles. The van der Waals surface area contributed by atoms with Crippen LogP contribution in [0.15, 0.2) is 231 Å². The quantitative estimate of drug-likeness (QED) is 0.118. The van der Waals surface area contributed by atoms with Crippen LogP contribution in [0.1, 0.15) is 22.3 Å². The lowest BCUT2D eigenvalue weighted by Crippen LogP contribution is -2.74. The molecule has 0 N–H and O–H groups in total. The van der Waals surface area contributed by atoms with E-state index in [2.05, 4.69) is 228 Å². The van der Waals surface area contributed by atoms with Crippen LogP contribution in [-0.4, -0.2) is 17.6 Å². The third-order valence-corrected chi connectivity index (χ3v) is 17.2. The highest BCUT2D eigenvalue weighted by molar-refractivity contribution is 7.19. The van der Waals surface area contributed by atoms with Crippen molar-refractivity contribution in [1.29, 1.82) is 0 Å². The molecule has 0 spiro atoms. The smallest absolute Gasteiger partial charge is 0.179 e. The fourth-order valence-corrected chi connectivity index (χ4v) is 14.8. The van der Waals surface area contributed by atoms with Crippen molar-refractivity contribution >= 4 is 50.6 Å². The molecule has 11 rings (SSSR count). The fraction of sp³-hybridized carbons (Fsp3) is 0.0185. The second-order valence-corrected chi connectivity index (χ2v) is 18.9. The maximum absolute atomic E-state index is 4.48. The van der Waals surface area contributed by atoms with Crippen molar-refractivity contribution in [3.8, 4) is 16.8 Å². The van der Waals surface area contributed by atoms with Crippen LogP contribution in [0.4, 0.5) is 0 Å². The largest absolute Gasteiger partial charge is 0.309 e. The second kappa shape index (κ2) is 13.3. The lowest BCUT2D eigenvalue weighted by atomic mass is 9.68. The van der Waals surface area contributed by atoms with Crippen molar-refractivity contribution < 1.29 is 0 Å². The lowest BCUT2D eigenvalue weighted by Gasteiger charge is -2.36. The third-order valence-electron chi connectivity index (χ3n) is 12.4. The van der Waals surface area contributed by atoms with Gasteiger partial charge in [-0.25, -0.2) is 0 Å². The van der Waals surface area contributed by atoms with E-state index in [9.17, 15) is 0 Å². The molecule has 0 bridgehead atoms. The molecule has 0 atom stereocenters. The summed E-state index contributed by atoms with van der Waals surface area (Å²) in [6.45, 7) is 0. The third kappa shape index (κ3) is 4.86. The summed E-state index contributed by atoms with van der Waals surface area (Å²) in [5.41, 5.74) is 10.7. The maximum atomic E-state index is 4.48. The molecule has 10 aromatic rings. The van der Waals surface area contributed by atoms with Gasteiger partial charge in [0.15, 0.2) is 8.07 Å². The van der Waals surface area contributed by atoms with Gasteiger partial charge in [0.05, 0.1) is 16.4 Å². The summed E-state index contributed by atoms with van der Waals surface area (Å²) < 4.78 is 2.37. The molecule has 0 radical (unpaired) electrons. The Hall–Kier alpha value is -7.07. The Bertz CT molecular complexity index is 2850. The molecule has 1 aliphatic rings. The molecule has 2 heterocycles. The number of benzene rings is 8. The summed E-state index contributed by atoms with van der Waals surface area (Å²) in [6, 6.07) is 81.4. The van der Waals surface area contributed by atoms with Crippen LogP contribution in [0.3, 0.4) is 0 Å². The predicted octanol–water partition coefficient (Wildman–Crippen LogP) is 9.92. The molecule has 0 saturated carbocycles. The van der Waals surface area contributed by atoms with Gasteiger partial charge in [-0.3, -0.25) is 4.98 Å². The van der Waals surface area contributed by atoms with Gasteiger partial charge in [-0.05, 0) is 78.4 Å². The summed E-state index contributed by atoms with van der Waals surface area (Å²) in [7, 11) is -2.70. The molecule has 2 aromatic heterocycles. The van der Waals surface area contributed by atoms with Crippen molar-refractivity contribution in [2.45, 2.75) is 5.41 Å². The molecule has 0 fully saturated rings. The van der Waals surface area contributed by atoms with E-state index in [-0.39, 0.29) is 0 Å². The van der Waals surface area contributed by atoms with Crippen LogP contribution in [0.25, 0.3) is 38.6 Å². The lowest BCUT2D eigenvalue weighted by molar-refractivity contribution is 0.768. The predicted molar refractivity (Wildman–Crippen MR) is 239 cm³/mol. The van der Waals surface area contributed by atoms with Gasteiger partial charge in [-0.2, -0.15) is 0 Å². The topological polar surface area (TPSA) is 17.8 Å². The number of hydrogen-bond donors (Lipinski definition) is 0. The van der Waals surface area contributed by atoms with Gasteiger partial charge in [0.2, 0.25) is 0 Å². The van der Waals surface area contributed by atoms with E-state index in [1.807, 2.05) is 12.4 Å². The molecule has 57 heavy (non-hydrogen) atoms. The van der Waals surface area contributed by atoms with Crippen molar-refractivity contribution in [2.24, 2.45) is 0 Å². The van der Waals surface area contributed by atoms with E-state index >= 15 is 0 Å². The molecule has 0 unspecified atom stereocenters. The van der Waals surface area contributed by atoms with Crippen LogP contribution in [0.2, 0.25) is 0 Å². The van der Waals surface area contributed by atoms with Crippen molar-refractivity contribution in [3.05, 3.63) is 253 Å². The van der Waals surface area contributed by atoms with Crippen molar-refractivity contribution in [2.75, 3.05) is 0 Å². The number of fused-ring (bicyclic) bond motifs is 6. The molecule has 268 valence electrons. The van der Waals surface area contributed by atoms with Crippen LogP contribution < -0.4 is 20.7 Å². The van der Waals surface area contributed by atoms with Crippen molar-refractivity contribution in [1.82, 2.24) is 9.55 Å². The van der Waals surface area contributed by atoms with Gasteiger partial charge in [0.1, 0.15) is 0 Å². The van der Waals surface area contributed by atoms with E-state index in [0.29, 0.717) is 0 Å². The van der Waals surface area contributed by atoms with Crippen LogP contribution in [-0.2, 0) is 5.41 Å². The summed E-state index contributed by atoms with van der Waals surface area (Å²) in [6.07, 6.45) is 3.88. The summed E-state index contributed by atoms with van der Waals surface area (Å²) >= 11 is 0. The zero-order valence-corrected chi connectivity index (χ0v) is 32.3. The first-order valence-electron chi connectivity index (χ1n) is 19.7. The SMILES string of the molecule is c1ccc([Si](c2ccccc2)(c2ccccc2)c2ccc(C3(c4ccc(-n5c6ccccc6c6cnccc65)cc4)c4ccccc4-c4ccccc43)cc2)cc1. The summed E-state index contributed by atoms with van der Waals surface area (Å²) in [5.74, 6) is 0. The maximum Gasteiger partial charge on any atom is 0.179 e. The molecule has 2 nitrogen and oxygen atoms in total. The Kier molecular flexibility index (Phi) is 7.76. The molecule has 0 aliphatic heterocycles. The average molecular weight is 743 g/mol. The Balaban J connectivity index is 1.15. The van der Waals surface area contributed by atoms with Crippen LogP contribution in [0.5, 0.6) is 0 Å². The Morgan fingerprint density at radius 1 is 0.368 bits per heavy atom. The Morgan fingerprint density at radius 3 is 1.37 bits per heavy atom. The monoisotopic (exact) mass is 742 g/mol. The van der Waals surface area contributed by atoms with E-state index < -0.39 is 13.5 Å². The average Bonchev–Trinajstić information content (AvgIpc) is 3.79. The number of aromatic nitrogens is 2. The van der Waals surface area contributed by atoms with Gasteiger partial charge in [0, 0.05) is 28.9 Å². The first kappa shape index (κ1) is 33.3. The second-order valence-electron chi connectivity index (χ2n) is 15.1. The van der Waals surface area contributed by atoms with Crippen LogP contribution >= 0.6 is 0 Å².